The number of unbranched alkanes of at least 4 members (excludes halogenated alkanes) is 60. The maximum Gasteiger partial charge on any atom is 0.472 e. The molecule has 0 aromatic carbocycles. The second kappa shape index (κ2) is 80.7. The second-order valence-corrected chi connectivity index (χ2v) is 35.0. The lowest BCUT2D eigenvalue weighted by Crippen LogP contribution is -2.30. The zero-order chi connectivity index (χ0) is 78.3. The Morgan fingerprint density at radius 2 is 0.430 bits per heavy atom. The topological polar surface area (TPSA) is 237 Å². The van der Waals surface area contributed by atoms with Crippen LogP contribution in [0.2, 0.25) is 0 Å². The van der Waals surface area contributed by atoms with E-state index in [1.807, 2.05) is 0 Å². The summed E-state index contributed by atoms with van der Waals surface area (Å²) in [6, 6.07) is 0. The van der Waals surface area contributed by atoms with E-state index in [1.165, 1.54) is 302 Å². The van der Waals surface area contributed by atoms with Crippen LogP contribution in [0.5, 0.6) is 0 Å². The van der Waals surface area contributed by atoms with Crippen molar-refractivity contribution in [3.05, 3.63) is 0 Å². The van der Waals surface area contributed by atoms with Crippen molar-refractivity contribution in [3.63, 3.8) is 0 Å². The van der Waals surface area contributed by atoms with Gasteiger partial charge in [0, 0.05) is 25.7 Å². The molecule has 17 nitrogen and oxygen atoms in total. The molecule has 0 heterocycles. The van der Waals surface area contributed by atoms with Crippen LogP contribution in [0, 0.1) is 5.92 Å². The van der Waals surface area contributed by atoms with E-state index in [0.717, 1.165) is 95.8 Å². The number of aliphatic hydroxyl groups excluding tert-OH is 1. The first-order valence-corrected chi connectivity index (χ1v) is 48.6. The van der Waals surface area contributed by atoms with Crippen LogP contribution >= 0.6 is 15.6 Å². The van der Waals surface area contributed by atoms with Crippen LogP contribution < -0.4 is 0 Å². The largest absolute Gasteiger partial charge is 0.472 e. The van der Waals surface area contributed by atoms with Crippen molar-refractivity contribution in [1.29, 1.82) is 0 Å². The Kier molecular flexibility index (Phi) is 79.2. The first-order chi connectivity index (χ1) is 52.0. The Balaban J connectivity index is 5.17. The molecule has 0 aliphatic heterocycles. The van der Waals surface area contributed by atoms with Crippen molar-refractivity contribution in [2.45, 2.75) is 496 Å². The van der Waals surface area contributed by atoms with Crippen LogP contribution in [0.1, 0.15) is 478 Å². The molecule has 0 aromatic heterocycles. The van der Waals surface area contributed by atoms with Gasteiger partial charge < -0.3 is 33.8 Å². The summed E-state index contributed by atoms with van der Waals surface area (Å²) in [6.45, 7) is 7.39. The number of esters is 4. The van der Waals surface area contributed by atoms with Crippen LogP contribution in [0.4, 0.5) is 0 Å². The number of rotatable bonds is 88. The molecule has 0 rings (SSSR count). The summed E-state index contributed by atoms with van der Waals surface area (Å²) in [4.78, 5) is 73.2. The fourth-order valence-corrected chi connectivity index (χ4v) is 15.4. The maximum atomic E-state index is 13.2. The second-order valence-electron chi connectivity index (χ2n) is 32.1. The van der Waals surface area contributed by atoms with Gasteiger partial charge in [-0.05, 0) is 31.6 Å². The Hall–Kier alpha value is -1.94. The number of ether oxygens (including phenoxy) is 4. The van der Waals surface area contributed by atoms with Crippen LogP contribution in [0.25, 0.3) is 0 Å². The molecule has 3 N–H and O–H groups in total. The molecule has 0 saturated heterocycles. The molecule has 0 fully saturated rings. The van der Waals surface area contributed by atoms with E-state index in [9.17, 15) is 43.2 Å². The van der Waals surface area contributed by atoms with Gasteiger partial charge in [-0.1, -0.05) is 426 Å². The van der Waals surface area contributed by atoms with Crippen molar-refractivity contribution < 1.29 is 80.2 Å². The number of phosphoric acid groups is 2. The van der Waals surface area contributed by atoms with E-state index in [0.29, 0.717) is 25.7 Å². The highest BCUT2D eigenvalue weighted by Gasteiger charge is 2.30. The minimum atomic E-state index is -4.97. The molecule has 0 aromatic rings. The average molecular weight is 1560 g/mol. The predicted octanol–water partition coefficient (Wildman–Crippen LogP) is 27.2. The third-order valence-electron chi connectivity index (χ3n) is 20.8. The van der Waals surface area contributed by atoms with E-state index in [1.54, 1.807) is 0 Å². The third-order valence-corrected chi connectivity index (χ3v) is 22.7. The number of hydrogen-bond acceptors (Lipinski definition) is 15. The fourth-order valence-electron chi connectivity index (χ4n) is 13.8. The zero-order valence-electron chi connectivity index (χ0n) is 70.3. The fraction of sp³-hybridized carbons (Fsp3) is 0.955. The number of hydrogen-bond donors (Lipinski definition) is 3. The molecule has 0 aliphatic carbocycles. The average Bonchev–Trinajstić information content (AvgIpc) is 0.938. The SMILES string of the molecule is CCCCCCCCCCCCCCCCCCCCCCC(=O)OC[C@H](COP(=O)(O)OC[C@@H](O)COP(=O)(O)OC[C@@H](COC(=O)CCCCCCCCCC)OC(=O)CCCCCCCCCCCCCCCCCCCC)OC(=O)CCCCCCCCCCCCCCCCCCCCC(C)C. The molecular formula is C88H172O17P2. The van der Waals surface area contributed by atoms with Gasteiger partial charge in [0.1, 0.15) is 19.3 Å². The number of carbonyl (C=O) groups excluding carboxylic acids is 4. The van der Waals surface area contributed by atoms with Gasteiger partial charge in [-0.2, -0.15) is 0 Å². The lowest BCUT2D eigenvalue weighted by Gasteiger charge is -2.21. The van der Waals surface area contributed by atoms with Gasteiger partial charge in [0.2, 0.25) is 0 Å². The molecule has 0 amide bonds. The summed E-state index contributed by atoms with van der Waals surface area (Å²) in [6.07, 6.45) is 75.2. The predicted molar refractivity (Wildman–Crippen MR) is 442 cm³/mol. The molecule has 5 atom stereocenters. The van der Waals surface area contributed by atoms with Gasteiger partial charge in [0.25, 0.3) is 0 Å². The standard InChI is InChI=1S/C88H172O17P2/c1-6-9-12-15-18-21-23-25-27-29-31-32-37-40-44-48-52-57-62-67-72-86(91)99-78-84(105-88(93)74-69-64-59-54-50-46-42-38-34-33-35-39-43-47-51-55-60-65-70-81(4)5)80-103-107(96,97)101-76-82(89)75-100-106(94,95)102-79-83(77-98-85(90)71-66-61-56-20-17-14-11-8-3)104-87(92)73-68-63-58-53-49-45-41-36-30-28-26-24-22-19-16-13-10-7-2/h81-84,89H,6-80H2,1-5H3,(H,94,95)(H,96,97)/t82-,83+,84+/m0/s1. The highest BCUT2D eigenvalue weighted by molar-refractivity contribution is 7.47. The molecule has 636 valence electrons. The normalized spacial score (nSPS) is 13.7. The Morgan fingerprint density at radius 1 is 0.252 bits per heavy atom. The van der Waals surface area contributed by atoms with Gasteiger partial charge in [-0.3, -0.25) is 37.3 Å². The van der Waals surface area contributed by atoms with E-state index in [-0.39, 0.29) is 25.7 Å². The van der Waals surface area contributed by atoms with E-state index < -0.39 is 97.5 Å². The van der Waals surface area contributed by atoms with Crippen molar-refractivity contribution in [2.24, 2.45) is 5.92 Å². The van der Waals surface area contributed by atoms with Crippen molar-refractivity contribution in [1.82, 2.24) is 0 Å². The van der Waals surface area contributed by atoms with Gasteiger partial charge in [-0.25, -0.2) is 9.13 Å². The van der Waals surface area contributed by atoms with Gasteiger partial charge in [0.15, 0.2) is 12.2 Å². The summed E-state index contributed by atoms with van der Waals surface area (Å²) in [7, 11) is -9.93. The highest BCUT2D eigenvalue weighted by Crippen LogP contribution is 2.45. The summed E-state index contributed by atoms with van der Waals surface area (Å²) >= 11 is 0. The van der Waals surface area contributed by atoms with Crippen LogP contribution in [-0.4, -0.2) is 96.7 Å². The summed E-state index contributed by atoms with van der Waals surface area (Å²) in [5.74, 6) is -1.28. The highest BCUT2D eigenvalue weighted by atomic mass is 31.2. The molecule has 19 heteroatoms. The molecular weight excluding hydrogens is 1390 g/mol. The van der Waals surface area contributed by atoms with E-state index in [4.69, 9.17) is 37.0 Å². The first kappa shape index (κ1) is 105. The lowest BCUT2D eigenvalue weighted by atomic mass is 10.0. The molecule has 107 heavy (non-hydrogen) atoms. The lowest BCUT2D eigenvalue weighted by molar-refractivity contribution is -0.161. The first-order valence-electron chi connectivity index (χ1n) is 45.6. The minimum Gasteiger partial charge on any atom is -0.462 e. The molecule has 2 unspecified atom stereocenters. The van der Waals surface area contributed by atoms with Crippen molar-refractivity contribution in [2.75, 3.05) is 39.6 Å². The van der Waals surface area contributed by atoms with Crippen LogP contribution in [0.3, 0.4) is 0 Å². The smallest absolute Gasteiger partial charge is 0.462 e. The quantitative estimate of drug-likeness (QED) is 0.0222. The van der Waals surface area contributed by atoms with Crippen LogP contribution in [0.15, 0.2) is 0 Å². The number of carbonyl (C=O) groups is 4. The molecule has 0 bridgehead atoms. The third kappa shape index (κ3) is 81.9. The summed E-state index contributed by atoms with van der Waals surface area (Å²) < 4.78 is 68.9. The number of phosphoric ester groups is 2. The van der Waals surface area contributed by atoms with Gasteiger partial charge >= 0.3 is 39.5 Å². The summed E-state index contributed by atoms with van der Waals surface area (Å²) in [5.41, 5.74) is 0. The van der Waals surface area contributed by atoms with E-state index >= 15 is 0 Å². The summed E-state index contributed by atoms with van der Waals surface area (Å²) in [5, 5.41) is 10.7. The van der Waals surface area contributed by atoms with Gasteiger partial charge in [0.05, 0.1) is 26.4 Å². The van der Waals surface area contributed by atoms with Crippen molar-refractivity contribution in [3.8, 4) is 0 Å². The minimum absolute atomic E-state index is 0.109. The Bertz CT molecular complexity index is 2030. The van der Waals surface area contributed by atoms with E-state index in [2.05, 4.69) is 34.6 Å². The van der Waals surface area contributed by atoms with Gasteiger partial charge in [-0.15, -0.1) is 0 Å². The Morgan fingerprint density at radius 3 is 0.636 bits per heavy atom. The zero-order valence-corrected chi connectivity index (χ0v) is 72.1. The monoisotopic (exact) mass is 1560 g/mol. The van der Waals surface area contributed by atoms with Crippen LogP contribution in [-0.2, 0) is 65.4 Å². The number of aliphatic hydroxyl groups is 1. The maximum absolute atomic E-state index is 13.2. The Labute approximate surface area is 658 Å². The molecule has 0 aliphatic rings. The molecule has 0 saturated carbocycles. The molecule has 0 spiro atoms. The van der Waals surface area contributed by atoms with Crippen molar-refractivity contribution >= 4 is 39.5 Å². The molecule has 0 radical (unpaired) electrons.